The third-order valence-corrected chi connectivity index (χ3v) is 3.21. The highest BCUT2D eigenvalue weighted by atomic mass is 16.2. The standard InChI is InChI=1S/C12H24N2O/c1-8(2)6-11-13-7-12(15)14(11)10(5)9(3)4/h8-11,13H,6-7H2,1-5H3. The molecule has 3 nitrogen and oxygen atoms in total. The number of hydrogen-bond acceptors (Lipinski definition) is 2. The first-order chi connectivity index (χ1) is 6.93. The fourth-order valence-corrected chi connectivity index (χ4v) is 2.04. The van der Waals surface area contributed by atoms with Crippen molar-refractivity contribution in [3.05, 3.63) is 0 Å². The van der Waals surface area contributed by atoms with Gasteiger partial charge in [0, 0.05) is 6.04 Å². The Labute approximate surface area is 93.2 Å². The lowest BCUT2D eigenvalue weighted by molar-refractivity contribution is -0.131. The molecule has 1 saturated heterocycles. The Morgan fingerprint density at radius 3 is 2.40 bits per heavy atom. The molecule has 2 unspecified atom stereocenters. The van der Waals surface area contributed by atoms with Crippen LogP contribution in [0.2, 0.25) is 0 Å². The fourth-order valence-electron chi connectivity index (χ4n) is 2.04. The van der Waals surface area contributed by atoms with Crippen LogP contribution in [-0.2, 0) is 4.79 Å². The van der Waals surface area contributed by atoms with Gasteiger partial charge in [-0.25, -0.2) is 0 Å². The van der Waals surface area contributed by atoms with Gasteiger partial charge in [0.05, 0.1) is 12.7 Å². The number of nitrogens with zero attached hydrogens (tertiary/aromatic N) is 1. The molecule has 1 amide bonds. The predicted octanol–water partition coefficient (Wildman–Crippen LogP) is 1.83. The van der Waals surface area contributed by atoms with Crippen LogP contribution in [0.5, 0.6) is 0 Å². The molecule has 1 rings (SSSR count). The molecule has 15 heavy (non-hydrogen) atoms. The SMILES string of the molecule is CC(C)CC1NCC(=O)N1C(C)C(C)C. The van der Waals surface area contributed by atoms with Crippen molar-refractivity contribution in [2.45, 2.75) is 53.2 Å². The summed E-state index contributed by atoms with van der Waals surface area (Å²) in [6.07, 6.45) is 1.29. The molecule has 0 bridgehead atoms. The molecule has 0 radical (unpaired) electrons. The monoisotopic (exact) mass is 212 g/mol. The molecule has 0 aromatic carbocycles. The second-order valence-corrected chi connectivity index (χ2v) is 5.31. The minimum Gasteiger partial charge on any atom is -0.323 e. The van der Waals surface area contributed by atoms with Gasteiger partial charge in [-0.05, 0) is 25.2 Å². The lowest BCUT2D eigenvalue weighted by Crippen LogP contribution is -2.46. The lowest BCUT2D eigenvalue weighted by Gasteiger charge is -2.33. The molecular formula is C12H24N2O. The minimum absolute atomic E-state index is 0.245. The van der Waals surface area contributed by atoms with Gasteiger partial charge >= 0.3 is 0 Å². The summed E-state index contributed by atoms with van der Waals surface area (Å²) in [4.78, 5) is 13.8. The van der Waals surface area contributed by atoms with Crippen LogP contribution in [0.25, 0.3) is 0 Å². The van der Waals surface area contributed by atoms with E-state index in [0.717, 1.165) is 6.42 Å². The van der Waals surface area contributed by atoms with E-state index in [1.165, 1.54) is 0 Å². The molecule has 1 aliphatic heterocycles. The van der Waals surface area contributed by atoms with Crippen molar-refractivity contribution < 1.29 is 4.79 Å². The summed E-state index contributed by atoms with van der Waals surface area (Å²) < 4.78 is 0. The quantitative estimate of drug-likeness (QED) is 0.771. The Bertz CT molecular complexity index is 226. The van der Waals surface area contributed by atoms with Crippen molar-refractivity contribution in [2.75, 3.05) is 6.54 Å². The molecule has 1 fully saturated rings. The summed E-state index contributed by atoms with van der Waals surface area (Å²) in [5, 5.41) is 3.30. The van der Waals surface area contributed by atoms with Gasteiger partial charge in [-0.1, -0.05) is 27.7 Å². The highest BCUT2D eigenvalue weighted by Gasteiger charge is 2.34. The van der Waals surface area contributed by atoms with Crippen LogP contribution in [0.15, 0.2) is 0 Å². The van der Waals surface area contributed by atoms with Crippen LogP contribution >= 0.6 is 0 Å². The Morgan fingerprint density at radius 1 is 1.33 bits per heavy atom. The van der Waals surface area contributed by atoms with E-state index in [0.29, 0.717) is 24.4 Å². The van der Waals surface area contributed by atoms with E-state index in [9.17, 15) is 4.79 Å². The molecular weight excluding hydrogens is 188 g/mol. The maximum Gasteiger partial charge on any atom is 0.238 e. The first-order valence-electron chi connectivity index (χ1n) is 5.98. The average Bonchev–Trinajstić information content (AvgIpc) is 2.45. The van der Waals surface area contributed by atoms with Gasteiger partial charge in [-0.3, -0.25) is 10.1 Å². The molecule has 1 heterocycles. The highest BCUT2D eigenvalue weighted by molar-refractivity contribution is 5.81. The van der Waals surface area contributed by atoms with Crippen LogP contribution < -0.4 is 5.32 Å². The van der Waals surface area contributed by atoms with Gasteiger partial charge in [0.15, 0.2) is 0 Å². The molecule has 3 heteroatoms. The summed E-state index contributed by atoms with van der Waals surface area (Å²) in [6.45, 7) is 11.4. The molecule has 0 aromatic heterocycles. The van der Waals surface area contributed by atoms with Crippen molar-refractivity contribution in [3.63, 3.8) is 0 Å². The van der Waals surface area contributed by atoms with Crippen molar-refractivity contribution in [3.8, 4) is 0 Å². The van der Waals surface area contributed by atoms with Crippen LogP contribution in [0.3, 0.4) is 0 Å². The summed E-state index contributed by atoms with van der Waals surface area (Å²) >= 11 is 0. The third kappa shape index (κ3) is 2.94. The second kappa shape index (κ2) is 4.97. The lowest BCUT2D eigenvalue weighted by atomic mass is 10.0. The molecule has 0 saturated carbocycles. The van der Waals surface area contributed by atoms with E-state index in [2.05, 4.69) is 39.9 Å². The Hall–Kier alpha value is -0.570. The summed E-state index contributed by atoms with van der Waals surface area (Å²) in [5.41, 5.74) is 0. The van der Waals surface area contributed by atoms with Gasteiger partial charge in [0.2, 0.25) is 5.91 Å². The number of carbonyl (C=O) groups excluding carboxylic acids is 1. The van der Waals surface area contributed by atoms with E-state index in [4.69, 9.17) is 0 Å². The van der Waals surface area contributed by atoms with Crippen molar-refractivity contribution in [1.82, 2.24) is 10.2 Å². The van der Waals surface area contributed by atoms with E-state index in [1.807, 2.05) is 4.90 Å². The van der Waals surface area contributed by atoms with E-state index >= 15 is 0 Å². The number of carbonyl (C=O) groups is 1. The molecule has 0 spiro atoms. The summed E-state index contributed by atoms with van der Waals surface area (Å²) in [6, 6.07) is 0.330. The summed E-state index contributed by atoms with van der Waals surface area (Å²) in [5.74, 6) is 1.39. The van der Waals surface area contributed by atoms with E-state index < -0.39 is 0 Å². The van der Waals surface area contributed by atoms with Gasteiger partial charge < -0.3 is 4.90 Å². The normalized spacial score (nSPS) is 24.3. The second-order valence-electron chi connectivity index (χ2n) is 5.31. The number of amides is 1. The van der Waals surface area contributed by atoms with E-state index in [1.54, 1.807) is 0 Å². The zero-order valence-electron chi connectivity index (χ0n) is 10.6. The van der Waals surface area contributed by atoms with Gasteiger partial charge in [0.25, 0.3) is 0 Å². The van der Waals surface area contributed by atoms with Crippen molar-refractivity contribution in [2.24, 2.45) is 11.8 Å². The fraction of sp³-hybridized carbons (Fsp3) is 0.917. The highest BCUT2D eigenvalue weighted by Crippen LogP contribution is 2.20. The smallest absolute Gasteiger partial charge is 0.238 e. The number of rotatable bonds is 4. The molecule has 2 atom stereocenters. The molecule has 0 aromatic rings. The Balaban J connectivity index is 2.68. The molecule has 0 aliphatic carbocycles. The van der Waals surface area contributed by atoms with Crippen LogP contribution in [-0.4, -0.2) is 29.6 Å². The largest absolute Gasteiger partial charge is 0.323 e. The number of hydrogen-bond donors (Lipinski definition) is 1. The molecule has 1 aliphatic rings. The van der Waals surface area contributed by atoms with Gasteiger partial charge in [-0.15, -0.1) is 0 Å². The van der Waals surface area contributed by atoms with Gasteiger partial charge in [0.1, 0.15) is 0 Å². The van der Waals surface area contributed by atoms with Crippen LogP contribution in [0, 0.1) is 11.8 Å². The molecule has 88 valence electrons. The summed E-state index contributed by atoms with van der Waals surface area (Å²) in [7, 11) is 0. The maximum atomic E-state index is 11.8. The van der Waals surface area contributed by atoms with Crippen molar-refractivity contribution >= 4 is 5.91 Å². The van der Waals surface area contributed by atoms with E-state index in [-0.39, 0.29) is 12.1 Å². The zero-order chi connectivity index (χ0) is 11.6. The maximum absolute atomic E-state index is 11.8. The third-order valence-electron chi connectivity index (χ3n) is 3.21. The Kier molecular flexibility index (Phi) is 4.14. The van der Waals surface area contributed by atoms with Gasteiger partial charge in [-0.2, -0.15) is 0 Å². The zero-order valence-corrected chi connectivity index (χ0v) is 10.6. The molecule has 1 N–H and O–H groups in total. The van der Waals surface area contributed by atoms with Crippen LogP contribution in [0.4, 0.5) is 0 Å². The minimum atomic E-state index is 0.245. The van der Waals surface area contributed by atoms with Crippen molar-refractivity contribution in [1.29, 1.82) is 0 Å². The first-order valence-corrected chi connectivity index (χ1v) is 5.98. The van der Waals surface area contributed by atoms with Crippen LogP contribution in [0.1, 0.15) is 41.0 Å². The number of nitrogens with one attached hydrogen (secondary N) is 1. The predicted molar refractivity (Wildman–Crippen MR) is 62.4 cm³/mol. The first kappa shape index (κ1) is 12.5. The average molecular weight is 212 g/mol. The topological polar surface area (TPSA) is 32.3 Å². The Morgan fingerprint density at radius 2 is 1.93 bits per heavy atom.